The molecule has 5 heteroatoms. The fourth-order valence-electron chi connectivity index (χ4n) is 1.64. The minimum atomic E-state index is -0.230. The fourth-order valence-corrected chi connectivity index (χ4v) is 2.05. The highest BCUT2D eigenvalue weighted by atomic mass is 79.9. The van der Waals surface area contributed by atoms with Crippen molar-refractivity contribution in [2.24, 2.45) is 0 Å². The predicted octanol–water partition coefficient (Wildman–Crippen LogP) is 1.12. The van der Waals surface area contributed by atoms with E-state index in [1.165, 1.54) is 0 Å². The van der Waals surface area contributed by atoms with E-state index in [1.807, 2.05) is 24.3 Å². The smallest absolute Gasteiger partial charge is 0.406 e. The fraction of sp³-hybridized carbons (Fsp3) is 0.455. The van der Waals surface area contributed by atoms with Gasteiger partial charge >= 0.3 is 7.12 Å². The number of benzene rings is 1. The molecule has 1 saturated heterocycles. The highest BCUT2D eigenvalue weighted by Crippen LogP contribution is 2.07. The van der Waals surface area contributed by atoms with E-state index >= 15 is 0 Å². The second kappa shape index (κ2) is 5.82. The van der Waals surface area contributed by atoms with E-state index < -0.39 is 0 Å². The molecule has 0 spiro atoms. The van der Waals surface area contributed by atoms with Crippen molar-refractivity contribution in [1.82, 2.24) is 4.90 Å². The van der Waals surface area contributed by atoms with Crippen LogP contribution in [0.25, 0.3) is 0 Å². The number of halogens is 1. The first kappa shape index (κ1) is 12.1. The standard InChI is InChI=1S/C11H15BBrNO2/c1-14-5-7-15-12(16-8-6-14)10-3-2-4-11(13)9-10/h2-4,9H,5-8H2,1H3. The summed E-state index contributed by atoms with van der Waals surface area (Å²) in [6, 6.07) is 8.06. The second-order valence-corrected chi connectivity index (χ2v) is 4.85. The van der Waals surface area contributed by atoms with E-state index in [-0.39, 0.29) is 7.12 Å². The maximum Gasteiger partial charge on any atom is 0.493 e. The Morgan fingerprint density at radius 2 is 1.94 bits per heavy atom. The number of hydrogen-bond donors (Lipinski definition) is 0. The molecule has 86 valence electrons. The second-order valence-electron chi connectivity index (χ2n) is 3.93. The summed E-state index contributed by atoms with van der Waals surface area (Å²) in [5.74, 6) is 0. The van der Waals surface area contributed by atoms with Gasteiger partial charge in [-0.15, -0.1) is 0 Å². The van der Waals surface area contributed by atoms with Crippen LogP contribution in [0.5, 0.6) is 0 Å². The molecule has 1 fully saturated rings. The summed E-state index contributed by atoms with van der Waals surface area (Å²) < 4.78 is 12.5. The molecule has 0 radical (unpaired) electrons. The normalized spacial score (nSPS) is 19.2. The Hall–Kier alpha value is -0.355. The number of nitrogens with zero attached hydrogens (tertiary/aromatic N) is 1. The van der Waals surface area contributed by atoms with E-state index in [9.17, 15) is 0 Å². The van der Waals surface area contributed by atoms with Crippen molar-refractivity contribution in [2.45, 2.75) is 0 Å². The Kier molecular flexibility index (Phi) is 4.41. The van der Waals surface area contributed by atoms with E-state index in [1.54, 1.807) is 0 Å². The zero-order chi connectivity index (χ0) is 11.4. The minimum absolute atomic E-state index is 0.230. The molecule has 0 saturated carbocycles. The molecule has 2 rings (SSSR count). The minimum Gasteiger partial charge on any atom is -0.406 e. The molecule has 16 heavy (non-hydrogen) atoms. The van der Waals surface area contributed by atoms with Crippen LogP contribution in [-0.4, -0.2) is 45.4 Å². The number of hydrogen-bond acceptors (Lipinski definition) is 3. The topological polar surface area (TPSA) is 21.7 Å². The monoisotopic (exact) mass is 283 g/mol. The number of likely N-dealkylation sites (N-methyl/N-ethyl adjacent to an activating group) is 1. The molecular weight excluding hydrogens is 269 g/mol. The van der Waals surface area contributed by atoms with E-state index in [0.29, 0.717) is 13.2 Å². The van der Waals surface area contributed by atoms with Gasteiger partial charge in [-0.3, -0.25) is 0 Å². The molecule has 0 atom stereocenters. The van der Waals surface area contributed by atoms with Crippen LogP contribution in [0.3, 0.4) is 0 Å². The van der Waals surface area contributed by atoms with Crippen LogP contribution >= 0.6 is 15.9 Å². The van der Waals surface area contributed by atoms with Crippen molar-refractivity contribution in [2.75, 3.05) is 33.4 Å². The van der Waals surface area contributed by atoms with Gasteiger partial charge in [0.2, 0.25) is 0 Å². The lowest BCUT2D eigenvalue weighted by atomic mass is 9.79. The van der Waals surface area contributed by atoms with Crippen LogP contribution in [0.15, 0.2) is 28.7 Å². The van der Waals surface area contributed by atoms with E-state index in [2.05, 4.69) is 27.9 Å². The molecule has 0 aromatic heterocycles. The van der Waals surface area contributed by atoms with Gasteiger partial charge in [-0.25, -0.2) is 0 Å². The summed E-state index contributed by atoms with van der Waals surface area (Å²) >= 11 is 3.45. The highest BCUT2D eigenvalue weighted by molar-refractivity contribution is 9.10. The van der Waals surface area contributed by atoms with Gasteiger partial charge in [-0.2, -0.15) is 0 Å². The first-order valence-electron chi connectivity index (χ1n) is 5.43. The quantitative estimate of drug-likeness (QED) is 0.721. The first-order chi connectivity index (χ1) is 7.75. The van der Waals surface area contributed by atoms with Gasteiger partial charge in [0.1, 0.15) is 0 Å². The zero-order valence-corrected chi connectivity index (χ0v) is 10.9. The summed E-state index contributed by atoms with van der Waals surface area (Å²) in [4.78, 5) is 2.21. The van der Waals surface area contributed by atoms with Gasteiger partial charge < -0.3 is 14.2 Å². The third kappa shape index (κ3) is 3.32. The summed E-state index contributed by atoms with van der Waals surface area (Å²) in [6.07, 6.45) is 0. The zero-order valence-electron chi connectivity index (χ0n) is 9.36. The molecular formula is C11H15BBrNO2. The maximum absolute atomic E-state index is 5.71. The van der Waals surface area contributed by atoms with Crippen molar-refractivity contribution in [3.63, 3.8) is 0 Å². The third-order valence-corrected chi connectivity index (χ3v) is 3.10. The molecule has 1 heterocycles. The van der Waals surface area contributed by atoms with Crippen molar-refractivity contribution in [3.8, 4) is 0 Å². The Bertz CT molecular complexity index is 341. The van der Waals surface area contributed by atoms with Crippen molar-refractivity contribution < 1.29 is 9.31 Å². The van der Waals surface area contributed by atoms with Gasteiger partial charge in [0.25, 0.3) is 0 Å². The molecule has 1 aromatic rings. The summed E-state index contributed by atoms with van der Waals surface area (Å²) in [5.41, 5.74) is 1.07. The summed E-state index contributed by atoms with van der Waals surface area (Å²) in [7, 11) is 1.85. The summed E-state index contributed by atoms with van der Waals surface area (Å²) in [6.45, 7) is 3.31. The lowest BCUT2D eigenvalue weighted by molar-refractivity contribution is 0.132. The Morgan fingerprint density at radius 3 is 2.56 bits per heavy atom. The van der Waals surface area contributed by atoms with Gasteiger partial charge in [0.15, 0.2) is 0 Å². The number of rotatable bonds is 1. The van der Waals surface area contributed by atoms with E-state index in [4.69, 9.17) is 9.31 Å². The Balaban J connectivity index is 2.03. The van der Waals surface area contributed by atoms with Gasteiger partial charge in [-0.1, -0.05) is 28.1 Å². The molecule has 1 aliphatic rings. The van der Waals surface area contributed by atoms with Crippen LogP contribution in [0.1, 0.15) is 0 Å². The summed E-state index contributed by atoms with van der Waals surface area (Å²) in [5, 5.41) is 0. The van der Waals surface area contributed by atoms with Gasteiger partial charge in [-0.05, 0) is 24.6 Å². The molecule has 0 amide bonds. The average Bonchev–Trinajstić information content (AvgIpc) is 2.23. The average molecular weight is 284 g/mol. The van der Waals surface area contributed by atoms with Gasteiger partial charge in [0, 0.05) is 30.8 Å². The van der Waals surface area contributed by atoms with E-state index in [0.717, 1.165) is 23.0 Å². The molecule has 1 aliphatic heterocycles. The van der Waals surface area contributed by atoms with Crippen LogP contribution in [-0.2, 0) is 9.31 Å². The van der Waals surface area contributed by atoms with Crippen LogP contribution < -0.4 is 5.46 Å². The van der Waals surface area contributed by atoms with Crippen molar-refractivity contribution in [3.05, 3.63) is 28.7 Å². The Labute approximate surface area is 105 Å². The highest BCUT2D eigenvalue weighted by Gasteiger charge is 2.23. The van der Waals surface area contributed by atoms with Gasteiger partial charge in [0.05, 0.1) is 0 Å². The molecule has 1 aromatic carbocycles. The SMILES string of the molecule is CN1CCOB(c2cccc(Br)c2)OCC1. The van der Waals surface area contributed by atoms with Crippen LogP contribution in [0.2, 0.25) is 0 Å². The molecule has 0 aliphatic carbocycles. The van der Waals surface area contributed by atoms with Crippen molar-refractivity contribution in [1.29, 1.82) is 0 Å². The molecule has 0 bridgehead atoms. The third-order valence-electron chi connectivity index (χ3n) is 2.61. The lowest BCUT2D eigenvalue weighted by Gasteiger charge is -2.24. The van der Waals surface area contributed by atoms with Crippen LogP contribution in [0, 0.1) is 0 Å². The lowest BCUT2D eigenvalue weighted by Crippen LogP contribution is -2.43. The molecule has 3 nitrogen and oxygen atoms in total. The molecule has 0 unspecified atom stereocenters. The largest absolute Gasteiger partial charge is 0.493 e. The van der Waals surface area contributed by atoms with Crippen molar-refractivity contribution >= 4 is 28.5 Å². The molecule has 0 N–H and O–H groups in total. The Morgan fingerprint density at radius 1 is 1.25 bits per heavy atom. The first-order valence-corrected chi connectivity index (χ1v) is 6.22. The van der Waals surface area contributed by atoms with Crippen LogP contribution in [0.4, 0.5) is 0 Å². The predicted molar refractivity (Wildman–Crippen MR) is 68.9 cm³/mol. The maximum atomic E-state index is 5.71.